The van der Waals surface area contributed by atoms with Gasteiger partial charge in [0.25, 0.3) is 5.91 Å². The van der Waals surface area contributed by atoms with Crippen LogP contribution in [-0.2, 0) is 7.05 Å². The molecule has 0 saturated carbocycles. The smallest absolute Gasteiger partial charge is 0.269 e. The van der Waals surface area contributed by atoms with Crippen LogP contribution in [0.1, 0.15) is 10.5 Å². The fourth-order valence-electron chi connectivity index (χ4n) is 0.913. The summed E-state index contributed by atoms with van der Waals surface area (Å²) in [5.74, 6) is -0.477. The normalized spacial score (nSPS) is 9.64. The van der Waals surface area contributed by atoms with Crippen molar-refractivity contribution in [2.75, 3.05) is 12.4 Å². The number of hydrogen-bond donors (Lipinski definition) is 2. The van der Waals surface area contributed by atoms with Crippen LogP contribution in [0.25, 0.3) is 0 Å². The van der Waals surface area contributed by atoms with Gasteiger partial charge >= 0.3 is 0 Å². The minimum atomic E-state index is -0.477. The molecule has 0 aliphatic heterocycles. The van der Waals surface area contributed by atoms with Crippen molar-refractivity contribution in [3.05, 3.63) is 11.9 Å². The average Bonchev–Trinajstić information content (AvgIpc) is 2.30. The van der Waals surface area contributed by atoms with Crippen molar-refractivity contribution in [3.63, 3.8) is 0 Å². The fraction of sp³-hybridized carbons (Fsp3) is 0.333. The summed E-state index contributed by atoms with van der Waals surface area (Å²) in [6, 6.07) is 0. The quantitative estimate of drug-likeness (QED) is 0.606. The number of aryl methyl sites for hydroxylation is 1. The maximum absolute atomic E-state index is 10.8. The van der Waals surface area contributed by atoms with Crippen molar-refractivity contribution < 1.29 is 4.79 Å². The molecule has 0 fully saturated rings. The summed E-state index contributed by atoms with van der Waals surface area (Å²) in [5, 5.41) is 6.68. The topological polar surface area (TPSA) is 72.9 Å². The molecular weight excluding hydrogens is 144 g/mol. The summed E-state index contributed by atoms with van der Waals surface area (Å²) in [4.78, 5) is 10.8. The van der Waals surface area contributed by atoms with E-state index in [1.54, 1.807) is 20.3 Å². The van der Waals surface area contributed by atoms with Crippen LogP contribution in [0, 0.1) is 0 Å². The molecule has 1 rings (SSSR count). The molecular formula is C6H10N4O. The van der Waals surface area contributed by atoms with E-state index < -0.39 is 5.91 Å². The van der Waals surface area contributed by atoms with E-state index in [1.807, 2.05) is 0 Å². The predicted octanol–water partition coefficient (Wildman–Crippen LogP) is -0.439. The molecule has 0 saturated heterocycles. The van der Waals surface area contributed by atoms with Crippen LogP contribution >= 0.6 is 0 Å². The van der Waals surface area contributed by atoms with Gasteiger partial charge in [-0.1, -0.05) is 0 Å². The minimum Gasteiger partial charge on any atom is -0.385 e. The predicted molar refractivity (Wildman–Crippen MR) is 41.3 cm³/mol. The van der Waals surface area contributed by atoms with Crippen LogP contribution < -0.4 is 11.1 Å². The van der Waals surface area contributed by atoms with Gasteiger partial charge in [-0.25, -0.2) is 0 Å². The summed E-state index contributed by atoms with van der Waals surface area (Å²) in [6.07, 6.45) is 1.56. The van der Waals surface area contributed by atoms with Crippen molar-refractivity contribution >= 4 is 11.6 Å². The molecule has 5 nitrogen and oxygen atoms in total. The molecule has 0 unspecified atom stereocenters. The summed E-state index contributed by atoms with van der Waals surface area (Å²) in [5.41, 5.74) is 6.14. The van der Waals surface area contributed by atoms with E-state index in [-0.39, 0.29) is 0 Å². The molecule has 1 aromatic heterocycles. The van der Waals surface area contributed by atoms with E-state index >= 15 is 0 Å². The lowest BCUT2D eigenvalue weighted by molar-refractivity contribution is 0.0992. The van der Waals surface area contributed by atoms with Gasteiger partial charge in [0, 0.05) is 14.1 Å². The molecule has 11 heavy (non-hydrogen) atoms. The number of rotatable bonds is 2. The highest BCUT2D eigenvalue weighted by Crippen LogP contribution is 2.11. The number of nitrogens with two attached hydrogens (primary N) is 1. The van der Waals surface area contributed by atoms with Gasteiger partial charge in [0.2, 0.25) is 0 Å². The maximum atomic E-state index is 10.8. The van der Waals surface area contributed by atoms with Crippen LogP contribution in [0.2, 0.25) is 0 Å². The van der Waals surface area contributed by atoms with Crippen molar-refractivity contribution in [2.45, 2.75) is 0 Å². The molecule has 0 spiro atoms. The Morgan fingerprint density at radius 1 is 1.82 bits per heavy atom. The lowest BCUT2D eigenvalue weighted by Crippen LogP contribution is -2.17. The van der Waals surface area contributed by atoms with E-state index in [2.05, 4.69) is 10.4 Å². The molecule has 5 heteroatoms. The first-order valence-corrected chi connectivity index (χ1v) is 3.16. The summed E-state index contributed by atoms with van der Waals surface area (Å²) in [7, 11) is 3.38. The average molecular weight is 154 g/mol. The van der Waals surface area contributed by atoms with Crippen LogP contribution in [0.15, 0.2) is 6.20 Å². The highest BCUT2D eigenvalue weighted by atomic mass is 16.1. The van der Waals surface area contributed by atoms with Crippen molar-refractivity contribution in [2.24, 2.45) is 12.8 Å². The summed E-state index contributed by atoms with van der Waals surface area (Å²) < 4.78 is 1.44. The number of hydrogen-bond acceptors (Lipinski definition) is 3. The Morgan fingerprint density at radius 3 is 2.82 bits per heavy atom. The van der Waals surface area contributed by atoms with Gasteiger partial charge in [0.05, 0.1) is 11.9 Å². The van der Waals surface area contributed by atoms with Gasteiger partial charge in [-0.05, 0) is 0 Å². The Balaban J connectivity index is 3.17. The SMILES string of the molecule is CNc1cnn(C)c1C(N)=O. The number of amides is 1. The molecule has 60 valence electrons. The zero-order valence-corrected chi connectivity index (χ0v) is 6.46. The Kier molecular flexibility index (Phi) is 1.80. The van der Waals surface area contributed by atoms with E-state index in [4.69, 9.17) is 5.73 Å². The molecule has 1 amide bonds. The second kappa shape index (κ2) is 2.61. The molecule has 0 radical (unpaired) electrons. The highest BCUT2D eigenvalue weighted by Gasteiger charge is 2.11. The van der Waals surface area contributed by atoms with Crippen LogP contribution in [0.5, 0.6) is 0 Å². The van der Waals surface area contributed by atoms with Crippen LogP contribution in [0.3, 0.4) is 0 Å². The Labute approximate surface area is 64.2 Å². The van der Waals surface area contributed by atoms with E-state index in [0.29, 0.717) is 11.4 Å². The van der Waals surface area contributed by atoms with E-state index in [9.17, 15) is 4.79 Å². The fourth-order valence-corrected chi connectivity index (χ4v) is 0.913. The standard InChI is InChI=1S/C6H10N4O/c1-8-4-3-9-10(2)5(4)6(7)11/h3,8H,1-2H3,(H2,7,11). The zero-order chi connectivity index (χ0) is 8.43. The third kappa shape index (κ3) is 1.17. The number of nitrogens with one attached hydrogen (secondary N) is 1. The van der Waals surface area contributed by atoms with Gasteiger partial charge in [-0.3, -0.25) is 9.48 Å². The number of primary amides is 1. The maximum Gasteiger partial charge on any atom is 0.269 e. The van der Waals surface area contributed by atoms with Crippen molar-refractivity contribution in [3.8, 4) is 0 Å². The lowest BCUT2D eigenvalue weighted by Gasteiger charge is -1.99. The zero-order valence-electron chi connectivity index (χ0n) is 6.46. The molecule has 1 aromatic rings. The summed E-state index contributed by atoms with van der Waals surface area (Å²) in [6.45, 7) is 0. The minimum absolute atomic E-state index is 0.396. The molecule has 3 N–H and O–H groups in total. The Morgan fingerprint density at radius 2 is 2.45 bits per heavy atom. The number of nitrogens with zero attached hydrogens (tertiary/aromatic N) is 2. The molecule has 0 aromatic carbocycles. The largest absolute Gasteiger partial charge is 0.385 e. The Bertz CT molecular complexity index is 278. The Hall–Kier alpha value is -1.52. The second-order valence-electron chi connectivity index (χ2n) is 2.14. The second-order valence-corrected chi connectivity index (χ2v) is 2.14. The molecule has 0 aliphatic carbocycles. The van der Waals surface area contributed by atoms with Gasteiger partial charge < -0.3 is 11.1 Å². The van der Waals surface area contributed by atoms with Gasteiger partial charge in [-0.15, -0.1) is 0 Å². The highest BCUT2D eigenvalue weighted by molar-refractivity contribution is 5.96. The lowest BCUT2D eigenvalue weighted by atomic mass is 10.3. The van der Waals surface area contributed by atoms with E-state index in [0.717, 1.165) is 0 Å². The number of carbonyl (C=O) groups excluding carboxylic acids is 1. The molecule has 1 heterocycles. The molecule has 0 aliphatic rings. The van der Waals surface area contributed by atoms with Crippen LogP contribution in [0.4, 0.5) is 5.69 Å². The van der Waals surface area contributed by atoms with Gasteiger partial charge in [0.1, 0.15) is 5.69 Å². The monoisotopic (exact) mass is 154 g/mol. The third-order valence-electron chi connectivity index (χ3n) is 1.44. The molecule has 0 atom stereocenters. The first-order chi connectivity index (χ1) is 5.16. The number of anilines is 1. The number of carbonyl (C=O) groups is 1. The first-order valence-electron chi connectivity index (χ1n) is 3.16. The number of aromatic nitrogens is 2. The van der Waals surface area contributed by atoms with Gasteiger partial charge in [-0.2, -0.15) is 5.10 Å². The van der Waals surface area contributed by atoms with Crippen LogP contribution in [-0.4, -0.2) is 22.7 Å². The first kappa shape index (κ1) is 7.59. The summed E-state index contributed by atoms with van der Waals surface area (Å²) >= 11 is 0. The van der Waals surface area contributed by atoms with Gasteiger partial charge in [0.15, 0.2) is 0 Å². The van der Waals surface area contributed by atoms with Crippen molar-refractivity contribution in [1.29, 1.82) is 0 Å². The molecule has 0 bridgehead atoms. The van der Waals surface area contributed by atoms with E-state index in [1.165, 1.54) is 4.68 Å². The third-order valence-corrected chi connectivity index (χ3v) is 1.44. The van der Waals surface area contributed by atoms with Crippen molar-refractivity contribution in [1.82, 2.24) is 9.78 Å².